The Kier molecular flexibility index (Phi) is 3.53. The Balaban J connectivity index is 1.78. The number of rotatable bonds is 3. The van der Waals surface area contributed by atoms with Gasteiger partial charge in [0.1, 0.15) is 0 Å². The van der Waals surface area contributed by atoms with E-state index in [2.05, 4.69) is 57.0 Å². The molecule has 0 amide bonds. The molecule has 21 heavy (non-hydrogen) atoms. The second kappa shape index (κ2) is 4.99. The van der Waals surface area contributed by atoms with Gasteiger partial charge in [0.05, 0.1) is 6.10 Å². The molecule has 1 aliphatic carbocycles. The molecular weight excluding hydrogens is 260 g/mol. The monoisotopic (exact) mass is 288 g/mol. The van der Waals surface area contributed by atoms with Crippen LogP contribution in [0, 0.1) is 18.3 Å². The van der Waals surface area contributed by atoms with E-state index in [1.54, 1.807) is 0 Å². The predicted molar refractivity (Wildman–Crippen MR) is 87.6 cm³/mol. The van der Waals surface area contributed by atoms with Crippen LogP contribution in [0.2, 0.25) is 0 Å². The topological polar surface area (TPSA) is 38.5 Å². The van der Waals surface area contributed by atoms with Crippen LogP contribution in [0.25, 0.3) is 0 Å². The predicted octanol–water partition coefficient (Wildman–Crippen LogP) is 2.96. The molecule has 2 N–H and O–H groups in total. The van der Waals surface area contributed by atoms with Crippen LogP contribution in [-0.4, -0.2) is 31.8 Å². The lowest BCUT2D eigenvalue weighted by Crippen LogP contribution is -2.80. The summed E-state index contributed by atoms with van der Waals surface area (Å²) in [6, 6.07) is 8.68. The van der Waals surface area contributed by atoms with Crippen molar-refractivity contribution in [3.8, 4) is 0 Å². The highest BCUT2D eigenvalue weighted by Gasteiger charge is 2.66. The summed E-state index contributed by atoms with van der Waals surface area (Å²) in [4.78, 5) is 2.30. The summed E-state index contributed by atoms with van der Waals surface area (Å²) < 4.78 is 5.99. The number of likely N-dealkylation sites (N-methyl/N-ethyl adjacent to an activating group) is 1. The van der Waals surface area contributed by atoms with E-state index in [9.17, 15) is 0 Å². The smallest absolute Gasteiger partial charge is 0.0690 e. The van der Waals surface area contributed by atoms with E-state index < -0.39 is 0 Å². The maximum absolute atomic E-state index is 6.88. The molecule has 1 saturated carbocycles. The Morgan fingerprint density at radius 3 is 2.62 bits per heavy atom. The van der Waals surface area contributed by atoms with Gasteiger partial charge in [0, 0.05) is 42.8 Å². The largest absolute Gasteiger partial charge is 0.377 e. The second-order valence-corrected chi connectivity index (χ2v) is 7.49. The van der Waals surface area contributed by atoms with E-state index in [4.69, 9.17) is 10.5 Å². The molecule has 1 heterocycles. The Morgan fingerprint density at radius 1 is 1.29 bits per heavy atom. The van der Waals surface area contributed by atoms with Crippen LogP contribution < -0.4 is 10.6 Å². The van der Waals surface area contributed by atoms with Gasteiger partial charge < -0.3 is 15.4 Å². The van der Waals surface area contributed by atoms with Crippen LogP contribution in [0.5, 0.6) is 0 Å². The molecular formula is C18H28N2O. The summed E-state index contributed by atoms with van der Waals surface area (Å²) in [5.74, 6) is 0.495. The van der Waals surface area contributed by atoms with Crippen molar-refractivity contribution >= 4 is 5.69 Å². The SMILES string of the molecule is Cc1ccc(N(C)CC2(N)C3CCCOC3C2(C)C)cc1. The van der Waals surface area contributed by atoms with Gasteiger partial charge in [-0.2, -0.15) is 0 Å². The Hall–Kier alpha value is -1.06. The zero-order valence-electron chi connectivity index (χ0n) is 13.7. The number of fused-ring (bicyclic) bond motifs is 1. The van der Waals surface area contributed by atoms with Gasteiger partial charge in [0.15, 0.2) is 0 Å². The number of hydrogen-bond donors (Lipinski definition) is 1. The molecule has 1 aromatic rings. The molecule has 3 rings (SSSR count). The fourth-order valence-corrected chi connectivity index (χ4v) is 4.27. The summed E-state index contributed by atoms with van der Waals surface area (Å²) in [6.07, 6.45) is 2.68. The van der Waals surface area contributed by atoms with E-state index in [1.807, 2.05) is 0 Å². The summed E-state index contributed by atoms with van der Waals surface area (Å²) >= 11 is 0. The van der Waals surface area contributed by atoms with Crippen LogP contribution in [0.1, 0.15) is 32.3 Å². The van der Waals surface area contributed by atoms with Gasteiger partial charge in [-0.25, -0.2) is 0 Å². The van der Waals surface area contributed by atoms with Gasteiger partial charge in [-0.15, -0.1) is 0 Å². The number of nitrogens with zero attached hydrogens (tertiary/aromatic N) is 1. The maximum atomic E-state index is 6.88. The van der Waals surface area contributed by atoms with Crippen LogP contribution in [0.3, 0.4) is 0 Å². The molecule has 0 radical (unpaired) electrons. The summed E-state index contributed by atoms with van der Waals surface area (Å²) in [6.45, 7) is 8.43. The first kappa shape index (κ1) is 14.9. The van der Waals surface area contributed by atoms with E-state index >= 15 is 0 Å². The van der Waals surface area contributed by atoms with Crippen LogP contribution in [-0.2, 0) is 4.74 Å². The van der Waals surface area contributed by atoms with Crippen LogP contribution >= 0.6 is 0 Å². The van der Waals surface area contributed by atoms with Crippen molar-refractivity contribution in [3.63, 3.8) is 0 Å². The number of anilines is 1. The fourth-order valence-electron chi connectivity index (χ4n) is 4.27. The molecule has 3 atom stereocenters. The molecule has 0 bridgehead atoms. The van der Waals surface area contributed by atoms with Crippen molar-refractivity contribution in [2.75, 3.05) is 25.1 Å². The van der Waals surface area contributed by atoms with Gasteiger partial charge in [0.2, 0.25) is 0 Å². The zero-order chi connectivity index (χ0) is 15.3. The summed E-state index contributed by atoms with van der Waals surface area (Å²) in [7, 11) is 2.15. The number of ether oxygens (including phenoxy) is 1. The summed E-state index contributed by atoms with van der Waals surface area (Å²) in [5, 5.41) is 0. The maximum Gasteiger partial charge on any atom is 0.0690 e. The van der Waals surface area contributed by atoms with Gasteiger partial charge >= 0.3 is 0 Å². The number of nitrogens with two attached hydrogens (primary N) is 1. The minimum Gasteiger partial charge on any atom is -0.377 e. The Morgan fingerprint density at radius 2 is 1.95 bits per heavy atom. The van der Waals surface area contributed by atoms with Gasteiger partial charge in [0.25, 0.3) is 0 Å². The van der Waals surface area contributed by atoms with Crippen molar-refractivity contribution in [2.45, 2.75) is 45.3 Å². The molecule has 0 spiro atoms. The third-order valence-corrected chi connectivity index (χ3v) is 5.87. The van der Waals surface area contributed by atoms with Crippen LogP contribution in [0.4, 0.5) is 5.69 Å². The third-order valence-electron chi connectivity index (χ3n) is 5.87. The van der Waals surface area contributed by atoms with Gasteiger partial charge in [-0.3, -0.25) is 0 Å². The van der Waals surface area contributed by atoms with E-state index in [-0.39, 0.29) is 11.0 Å². The number of aryl methyl sites for hydroxylation is 1. The average Bonchev–Trinajstić information content (AvgIpc) is 2.47. The standard InChI is InChI=1S/C18H28N2O/c1-13-7-9-14(10-8-13)20(4)12-18(19)15-6-5-11-21-16(15)17(18,2)3/h7-10,15-16H,5-6,11-12,19H2,1-4H3. The number of benzene rings is 1. The highest BCUT2D eigenvalue weighted by molar-refractivity contribution is 5.48. The first-order valence-electron chi connectivity index (χ1n) is 8.04. The lowest BCUT2D eigenvalue weighted by atomic mass is 9.46. The number of hydrogen-bond acceptors (Lipinski definition) is 3. The molecule has 0 aromatic heterocycles. The van der Waals surface area contributed by atoms with E-state index in [1.165, 1.54) is 17.7 Å². The third kappa shape index (κ3) is 2.18. The first-order chi connectivity index (χ1) is 9.86. The highest BCUT2D eigenvalue weighted by Crippen LogP contribution is 2.57. The minimum absolute atomic E-state index is 0.0387. The normalized spacial score (nSPS) is 34.0. The molecule has 2 fully saturated rings. The zero-order valence-corrected chi connectivity index (χ0v) is 13.7. The lowest BCUT2D eigenvalue weighted by Gasteiger charge is -2.67. The summed E-state index contributed by atoms with van der Waals surface area (Å²) in [5.41, 5.74) is 9.28. The molecule has 3 nitrogen and oxygen atoms in total. The van der Waals surface area contributed by atoms with E-state index in [0.29, 0.717) is 12.0 Å². The second-order valence-electron chi connectivity index (χ2n) is 7.49. The van der Waals surface area contributed by atoms with Crippen molar-refractivity contribution in [1.82, 2.24) is 0 Å². The Bertz CT molecular complexity index is 510. The molecule has 1 aliphatic heterocycles. The van der Waals surface area contributed by atoms with E-state index in [0.717, 1.165) is 19.6 Å². The quantitative estimate of drug-likeness (QED) is 0.929. The fraction of sp³-hybridized carbons (Fsp3) is 0.667. The molecule has 1 aromatic carbocycles. The lowest BCUT2D eigenvalue weighted by molar-refractivity contribution is -0.224. The van der Waals surface area contributed by atoms with Crippen molar-refractivity contribution < 1.29 is 4.74 Å². The molecule has 2 aliphatic rings. The van der Waals surface area contributed by atoms with Gasteiger partial charge in [-0.1, -0.05) is 31.5 Å². The van der Waals surface area contributed by atoms with Crippen molar-refractivity contribution in [3.05, 3.63) is 29.8 Å². The van der Waals surface area contributed by atoms with Crippen LogP contribution in [0.15, 0.2) is 24.3 Å². The van der Waals surface area contributed by atoms with Gasteiger partial charge in [-0.05, 0) is 31.9 Å². The first-order valence-corrected chi connectivity index (χ1v) is 8.04. The molecule has 3 heteroatoms. The highest BCUT2D eigenvalue weighted by atomic mass is 16.5. The average molecular weight is 288 g/mol. The van der Waals surface area contributed by atoms with Crippen molar-refractivity contribution in [1.29, 1.82) is 0 Å². The minimum atomic E-state index is -0.169. The Labute approximate surface area is 128 Å². The molecule has 1 saturated heterocycles. The van der Waals surface area contributed by atoms with Crippen molar-refractivity contribution in [2.24, 2.45) is 17.1 Å². The molecule has 3 unspecified atom stereocenters. The molecule has 116 valence electrons.